The first-order chi connectivity index (χ1) is 8.11. The summed E-state index contributed by atoms with van der Waals surface area (Å²) in [4.78, 5) is 14.2. The van der Waals surface area contributed by atoms with Gasteiger partial charge in [-0.2, -0.15) is 0 Å². The van der Waals surface area contributed by atoms with E-state index in [1.54, 1.807) is 0 Å². The Morgan fingerprint density at radius 1 is 1.18 bits per heavy atom. The molecular weight excluding hydrogens is 212 g/mol. The van der Waals surface area contributed by atoms with Crippen molar-refractivity contribution in [3.05, 3.63) is 0 Å². The molecule has 0 saturated heterocycles. The number of carbonyl (C=O) groups is 1. The molecule has 0 aromatic rings. The molecule has 0 radical (unpaired) electrons. The van der Waals surface area contributed by atoms with Crippen LogP contribution in [0, 0.1) is 0 Å². The molecule has 0 unspecified atom stereocenters. The van der Waals surface area contributed by atoms with Gasteiger partial charge in [0.15, 0.2) is 0 Å². The van der Waals surface area contributed by atoms with Crippen molar-refractivity contribution in [2.24, 2.45) is 5.73 Å². The first-order valence-corrected chi connectivity index (χ1v) is 7.15. The molecule has 2 saturated carbocycles. The highest BCUT2D eigenvalue weighted by atomic mass is 16.2. The van der Waals surface area contributed by atoms with Gasteiger partial charge in [0, 0.05) is 25.0 Å². The maximum atomic E-state index is 12.2. The van der Waals surface area contributed by atoms with E-state index in [1.807, 2.05) is 11.9 Å². The summed E-state index contributed by atoms with van der Waals surface area (Å²) >= 11 is 0. The van der Waals surface area contributed by atoms with Crippen LogP contribution in [-0.2, 0) is 4.79 Å². The van der Waals surface area contributed by atoms with Crippen LogP contribution in [0.15, 0.2) is 0 Å². The molecule has 2 aliphatic rings. The normalized spacial score (nSPS) is 24.8. The fourth-order valence-electron chi connectivity index (χ4n) is 3.35. The Kier molecular flexibility index (Phi) is 4.08. The molecular formula is C14H26N2O. The zero-order chi connectivity index (χ0) is 12.3. The number of carbonyl (C=O) groups excluding carboxylic acids is 1. The van der Waals surface area contributed by atoms with Gasteiger partial charge in [0.1, 0.15) is 0 Å². The molecule has 2 aliphatic carbocycles. The van der Waals surface area contributed by atoms with Crippen molar-refractivity contribution < 1.29 is 4.79 Å². The van der Waals surface area contributed by atoms with E-state index in [0.29, 0.717) is 12.5 Å². The molecule has 0 aliphatic heterocycles. The largest absolute Gasteiger partial charge is 0.343 e. The quantitative estimate of drug-likeness (QED) is 0.821. The molecule has 0 aromatic carbocycles. The minimum absolute atomic E-state index is 0.206. The zero-order valence-electron chi connectivity index (χ0n) is 11.1. The second-order valence-electron chi connectivity index (χ2n) is 6.04. The Hall–Kier alpha value is -0.570. The average Bonchev–Trinajstić information content (AvgIpc) is 2.81. The number of amides is 1. The fourth-order valence-corrected chi connectivity index (χ4v) is 3.35. The van der Waals surface area contributed by atoms with Crippen molar-refractivity contribution in [2.45, 2.75) is 75.8 Å². The third kappa shape index (κ3) is 3.21. The van der Waals surface area contributed by atoms with Gasteiger partial charge in [0.05, 0.1) is 0 Å². The van der Waals surface area contributed by atoms with Gasteiger partial charge in [0.25, 0.3) is 0 Å². The van der Waals surface area contributed by atoms with Crippen molar-refractivity contribution in [1.29, 1.82) is 0 Å². The number of nitrogens with two attached hydrogens (primary N) is 1. The molecule has 0 aromatic heterocycles. The van der Waals surface area contributed by atoms with E-state index in [9.17, 15) is 4.79 Å². The summed E-state index contributed by atoms with van der Waals surface area (Å²) < 4.78 is 0. The Bertz CT molecular complexity index is 265. The molecule has 0 spiro atoms. The molecule has 0 bridgehead atoms. The van der Waals surface area contributed by atoms with E-state index >= 15 is 0 Å². The summed E-state index contributed by atoms with van der Waals surface area (Å²) in [5, 5.41) is 0. The summed E-state index contributed by atoms with van der Waals surface area (Å²) in [5.41, 5.74) is 6.14. The van der Waals surface area contributed by atoms with Gasteiger partial charge in [-0.25, -0.2) is 0 Å². The SMILES string of the molecule is CN(C(=O)CC1(N)CCCCC1)C1CCCC1. The van der Waals surface area contributed by atoms with Crippen molar-refractivity contribution in [3.63, 3.8) is 0 Å². The Balaban J connectivity index is 1.86. The highest BCUT2D eigenvalue weighted by molar-refractivity contribution is 5.77. The second kappa shape index (κ2) is 5.38. The molecule has 0 heterocycles. The molecule has 98 valence electrons. The highest BCUT2D eigenvalue weighted by Crippen LogP contribution is 2.30. The van der Waals surface area contributed by atoms with Crippen molar-refractivity contribution in [3.8, 4) is 0 Å². The van der Waals surface area contributed by atoms with E-state index in [-0.39, 0.29) is 11.4 Å². The highest BCUT2D eigenvalue weighted by Gasteiger charge is 2.33. The summed E-state index contributed by atoms with van der Waals surface area (Å²) in [6.45, 7) is 0. The van der Waals surface area contributed by atoms with Crippen molar-refractivity contribution in [1.82, 2.24) is 4.90 Å². The van der Waals surface area contributed by atoms with E-state index in [1.165, 1.54) is 44.9 Å². The molecule has 3 nitrogen and oxygen atoms in total. The van der Waals surface area contributed by atoms with E-state index < -0.39 is 0 Å². The standard InChI is InChI=1S/C14H26N2O/c1-16(12-7-3-4-8-12)13(17)11-14(15)9-5-2-6-10-14/h12H,2-11,15H2,1H3. The number of hydrogen-bond donors (Lipinski definition) is 1. The first-order valence-electron chi connectivity index (χ1n) is 7.15. The van der Waals surface area contributed by atoms with Gasteiger partial charge < -0.3 is 10.6 Å². The number of rotatable bonds is 3. The van der Waals surface area contributed by atoms with Crippen LogP contribution < -0.4 is 5.73 Å². The second-order valence-corrected chi connectivity index (χ2v) is 6.04. The van der Waals surface area contributed by atoms with Crippen LogP contribution in [0.1, 0.15) is 64.2 Å². The predicted octanol–water partition coefficient (Wildman–Crippen LogP) is 2.44. The van der Waals surface area contributed by atoms with Crippen molar-refractivity contribution in [2.75, 3.05) is 7.05 Å². The Morgan fingerprint density at radius 2 is 1.76 bits per heavy atom. The fraction of sp³-hybridized carbons (Fsp3) is 0.929. The van der Waals surface area contributed by atoms with Crippen LogP contribution in [0.3, 0.4) is 0 Å². The monoisotopic (exact) mass is 238 g/mol. The smallest absolute Gasteiger partial charge is 0.224 e. The molecule has 3 heteroatoms. The lowest BCUT2D eigenvalue weighted by Gasteiger charge is -2.35. The van der Waals surface area contributed by atoms with E-state index in [4.69, 9.17) is 5.73 Å². The third-order valence-corrected chi connectivity index (χ3v) is 4.62. The molecule has 2 rings (SSSR count). The molecule has 2 fully saturated rings. The van der Waals surface area contributed by atoms with E-state index in [2.05, 4.69) is 0 Å². The number of nitrogens with zero attached hydrogens (tertiary/aromatic N) is 1. The van der Waals surface area contributed by atoms with Gasteiger partial charge in [-0.15, -0.1) is 0 Å². The summed E-state index contributed by atoms with van der Waals surface area (Å²) in [7, 11) is 1.96. The lowest BCUT2D eigenvalue weighted by Crippen LogP contribution is -2.47. The third-order valence-electron chi connectivity index (χ3n) is 4.62. The van der Waals surface area contributed by atoms with Crippen LogP contribution in [-0.4, -0.2) is 29.4 Å². The van der Waals surface area contributed by atoms with Crippen LogP contribution in [0.5, 0.6) is 0 Å². The molecule has 17 heavy (non-hydrogen) atoms. The molecule has 1 amide bonds. The Morgan fingerprint density at radius 3 is 2.35 bits per heavy atom. The molecule has 0 atom stereocenters. The first kappa shape index (κ1) is 12.9. The summed E-state index contributed by atoms with van der Waals surface area (Å²) in [5.74, 6) is 0.265. The van der Waals surface area contributed by atoms with E-state index in [0.717, 1.165) is 12.8 Å². The summed E-state index contributed by atoms with van der Waals surface area (Å²) in [6, 6.07) is 0.481. The van der Waals surface area contributed by atoms with Crippen LogP contribution in [0.25, 0.3) is 0 Å². The average molecular weight is 238 g/mol. The van der Waals surface area contributed by atoms with Gasteiger partial charge in [-0.1, -0.05) is 32.1 Å². The topological polar surface area (TPSA) is 46.3 Å². The predicted molar refractivity (Wildman–Crippen MR) is 69.6 cm³/mol. The van der Waals surface area contributed by atoms with Crippen LogP contribution >= 0.6 is 0 Å². The number of hydrogen-bond acceptors (Lipinski definition) is 2. The molecule has 2 N–H and O–H groups in total. The Labute approximate surface area is 105 Å². The maximum absolute atomic E-state index is 12.2. The minimum atomic E-state index is -0.206. The lowest BCUT2D eigenvalue weighted by molar-refractivity contribution is -0.133. The summed E-state index contributed by atoms with van der Waals surface area (Å²) in [6.07, 6.45) is 11.2. The zero-order valence-corrected chi connectivity index (χ0v) is 11.1. The van der Waals surface area contributed by atoms with Gasteiger partial charge in [-0.05, 0) is 25.7 Å². The minimum Gasteiger partial charge on any atom is -0.343 e. The van der Waals surface area contributed by atoms with Crippen LogP contribution in [0.2, 0.25) is 0 Å². The van der Waals surface area contributed by atoms with Crippen LogP contribution in [0.4, 0.5) is 0 Å². The van der Waals surface area contributed by atoms with Gasteiger partial charge in [-0.3, -0.25) is 4.79 Å². The maximum Gasteiger partial charge on any atom is 0.224 e. The van der Waals surface area contributed by atoms with Crippen molar-refractivity contribution >= 4 is 5.91 Å². The van der Waals surface area contributed by atoms with Gasteiger partial charge in [0.2, 0.25) is 5.91 Å². The lowest BCUT2D eigenvalue weighted by atomic mass is 9.80. The van der Waals surface area contributed by atoms with Gasteiger partial charge >= 0.3 is 0 Å².